The number of ketones is 1. The molecule has 0 spiro atoms. The highest BCUT2D eigenvalue weighted by molar-refractivity contribution is 6.09. The van der Waals surface area contributed by atoms with E-state index in [9.17, 15) is 4.79 Å². The van der Waals surface area contributed by atoms with Crippen molar-refractivity contribution in [2.24, 2.45) is 0 Å². The Morgan fingerprint density at radius 1 is 1.16 bits per heavy atom. The van der Waals surface area contributed by atoms with E-state index in [-0.39, 0.29) is 5.78 Å². The molecule has 0 atom stereocenters. The number of carbonyl (C=O) groups excluding carboxylic acids is 1. The maximum Gasteiger partial charge on any atom is 0.187 e. The van der Waals surface area contributed by atoms with Gasteiger partial charge in [-0.2, -0.15) is 0 Å². The van der Waals surface area contributed by atoms with Gasteiger partial charge in [-0.15, -0.1) is 0 Å². The number of nitrogens with zero attached hydrogens (tertiary/aromatic N) is 1. The van der Waals surface area contributed by atoms with Crippen molar-refractivity contribution in [1.29, 1.82) is 0 Å². The van der Waals surface area contributed by atoms with Crippen LogP contribution in [0.5, 0.6) is 0 Å². The first-order valence-electron chi connectivity index (χ1n) is 8.86. The molecule has 0 amide bonds. The molecule has 0 bridgehead atoms. The Hall–Kier alpha value is -2.81. The number of allylic oxidation sites excluding steroid dienone is 1. The van der Waals surface area contributed by atoms with Crippen molar-refractivity contribution in [1.82, 2.24) is 9.88 Å². The van der Waals surface area contributed by atoms with Crippen molar-refractivity contribution in [3.63, 3.8) is 0 Å². The van der Waals surface area contributed by atoms with Crippen LogP contribution in [0.25, 0.3) is 16.6 Å². The fourth-order valence-corrected chi connectivity index (χ4v) is 3.72. The summed E-state index contributed by atoms with van der Waals surface area (Å²) in [6.45, 7) is 5.92. The number of hydrogen-bond donors (Lipinski definition) is 1. The van der Waals surface area contributed by atoms with Gasteiger partial charge in [-0.25, -0.2) is 0 Å². The molecular weight excluding hydrogens is 308 g/mol. The van der Waals surface area contributed by atoms with Gasteiger partial charge in [0, 0.05) is 35.6 Å². The summed E-state index contributed by atoms with van der Waals surface area (Å²) in [5, 5.41) is 4.74. The lowest BCUT2D eigenvalue weighted by atomic mass is 10.0. The molecule has 4 rings (SSSR count). The summed E-state index contributed by atoms with van der Waals surface area (Å²) in [6, 6.07) is 16.3. The minimum absolute atomic E-state index is 0.0447. The third-order valence-corrected chi connectivity index (χ3v) is 4.95. The summed E-state index contributed by atoms with van der Waals surface area (Å²) in [7, 11) is 0. The number of aromatic nitrogens is 1. The van der Waals surface area contributed by atoms with Crippen molar-refractivity contribution in [2.75, 3.05) is 6.54 Å². The summed E-state index contributed by atoms with van der Waals surface area (Å²) in [5.41, 5.74) is 6.58. The van der Waals surface area contributed by atoms with Gasteiger partial charge in [-0.1, -0.05) is 48.0 Å². The number of nitrogens with one attached hydrogen (secondary N) is 1. The van der Waals surface area contributed by atoms with Gasteiger partial charge in [0.1, 0.15) is 0 Å². The van der Waals surface area contributed by atoms with E-state index in [1.165, 1.54) is 16.5 Å². The predicted molar refractivity (Wildman–Crippen MR) is 103 cm³/mol. The molecule has 0 saturated heterocycles. The molecule has 3 nitrogen and oxygen atoms in total. The first-order chi connectivity index (χ1) is 12.2. The fraction of sp³-hybridized carbons (Fsp3) is 0.227. The molecule has 0 saturated carbocycles. The molecule has 1 aliphatic rings. The topological polar surface area (TPSA) is 34.0 Å². The number of rotatable bonds is 3. The Morgan fingerprint density at radius 2 is 1.92 bits per heavy atom. The van der Waals surface area contributed by atoms with Crippen LogP contribution in [0.3, 0.4) is 0 Å². The second-order valence-electron chi connectivity index (χ2n) is 6.55. The van der Waals surface area contributed by atoms with Gasteiger partial charge in [0.15, 0.2) is 5.78 Å². The average molecular weight is 330 g/mol. The summed E-state index contributed by atoms with van der Waals surface area (Å²) in [6.07, 6.45) is 2.74. The van der Waals surface area contributed by atoms with Gasteiger partial charge in [-0.3, -0.25) is 4.79 Å². The van der Waals surface area contributed by atoms with Crippen LogP contribution >= 0.6 is 0 Å². The fourth-order valence-electron chi connectivity index (χ4n) is 3.72. The van der Waals surface area contributed by atoms with E-state index < -0.39 is 0 Å². The lowest BCUT2D eigenvalue weighted by Crippen LogP contribution is -2.25. The van der Waals surface area contributed by atoms with Crippen LogP contribution in [0.15, 0.2) is 54.6 Å². The molecule has 126 valence electrons. The maximum atomic E-state index is 12.7. The monoisotopic (exact) mass is 330 g/mol. The summed E-state index contributed by atoms with van der Waals surface area (Å²) in [5.74, 6) is 0.0447. The Balaban J connectivity index is 1.84. The molecule has 1 aliphatic heterocycles. The third-order valence-electron chi connectivity index (χ3n) is 4.95. The number of aryl methyl sites for hydroxylation is 2. The van der Waals surface area contributed by atoms with Crippen LogP contribution in [0.4, 0.5) is 0 Å². The van der Waals surface area contributed by atoms with Gasteiger partial charge in [0.25, 0.3) is 0 Å². The number of hydrogen-bond acceptors (Lipinski definition) is 2. The largest absolute Gasteiger partial charge is 0.383 e. The third kappa shape index (κ3) is 2.66. The molecule has 3 heteroatoms. The van der Waals surface area contributed by atoms with Crippen molar-refractivity contribution in [3.05, 3.63) is 77.0 Å². The maximum absolute atomic E-state index is 12.7. The summed E-state index contributed by atoms with van der Waals surface area (Å²) < 4.78 is 2.31. The van der Waals surface area contributed by atoms with Crippen LogP contribution in [0, 0.1) is 6.92 Å². The van der Waals surface area contributed by atoms with Crippen molar-refractivity contribution >= 4 is 22.4 Å². The molecular formula is C22H22N2O. The zero-order valence-corrected chi connectivity index (χ0v) is 14.7. The molecule has 2 aromatic carbocycles. The molecule has 0 radical (unpaired) electrons. The van der Waals surface area contributed by atoms with E-state index in [1.807, 2.05) is 31.2 Å². The van der Waals surface area contributed by atoms with Crippen LogP contribution < -0.4 is 5.32 Å². The Morgan fingerprint density at radius 3 is 2.68 bits per heavy atom. The number of para-hydroxylation sites is 1. The van der Waals surface area contributed by atoms with Gasteiger partial charge in [0.2, 0.25) is 0 Å². The first kappa shape index (κ1) is 15.7. The zero-order chi connectivity index (χ0) is 17.4. The van der Waals surface area contributed by atoms with Gasteiger partial charge in [0.05, 0.1) is 11.4 Å². The second kappa shape index (κ2) is 6.25. The Bertz CT molecular complexity index is 944. The van der Waals surface area contributed by atoms with Crippen LogP contribution in [0.1, 0.15) is 34.1 Å². The van der Waals surface area contributed by atoms with Crippen molar-refractivity contribution < 1.29 is 4.79 Å². The predicted octanol–water partition coefficient (Wildman–Crippen LogP) is 4.34. The molecule has 3 aromatic rings. The molecule has 1 N–H and O–H groups in total. The average Bonchev–Trinajstić information content (AvgIpc) is 2.97. The Labute approximate surface area is 148 Å². The van der Waals surface area contributed by atoms with Crippen molar-refractivity contribution in [2.45, 2.75) is 26.8 Å². The van der Waals surface area contributed by atoms with Crippen LogP contribution in [-0.2, 0) is 13.0 Å². The first-order valence-corrected chi connectivity index (χ1v) is 8.86. The van der Waals surface area contributed by atoms with E-state index in [0.29, 0.717) is 0 Å². The zero-order valence-electron chi connectivity index (χ0n) is 14.7. The molecule has 25 heavy (non-hydrogen) atoms. The lowest BCUT2D eigenvalue weighted by molar-refractivity contribution is 0.104. The molecule has 0 unspecified atom stereocenters. The molecule has 1 aromatic heterocycles. The summed E-state index contributed by atoms with van der Waals surface area (Å²) in [4.78, 5) is 12.7. The quantitative estimate of drug-likeness (QED) is 0.572. The van der Waals surface area contributed by atoms with Crippen molar-refractivity contribution in [3.8, 4) is 0 Å². The highest BCUT2D eigenvalue weighted by Gasteiger charge is 2.23. The van der Waals surface area contributed by atoms with E-state index >= 15 is 0 Å². The molecule has 2 heterocycles. The smallest absolute Gasteiger partial charge is 0.187 e. The second-order valence-corrected chi connectivity index (χ2v) is 6.55. The molecule has 0 aliphatic carbocycles. The van der Waals surface area contributed by atoms with E-state index in [4.69, 9.17) is 0 Å². The van der Waals surface area contributed by atoms with Crippen LogP contribution in [-0.4, -0.2) is 16.9 Å². The molecule has 0 fully saturated rings. The minimum atomic E-state index is 0.0447. The van der Waals surface area contributed by atoms with E-state index in [1.54, 1.807) is 6.08 Å². The number of benzene rings is 2. The SMILES string of the molecule is CCn1c2c(c3ccccc31)CCN/C2=C\C(=O)c1ccc(C)cc1. The summed E-state index contributed by atoms with van der Waals surface area (Å²) >= 11 is 0. The lowest BCUT2D eigenvalue weighted by Gasteiger charge is -2.20. The Kier molecular flexibility index (Phi) is 3.92. The number of fused-ring (bicyclic) bond motifs is 3. The number of carbonyl (C=O) groups is 1. The highest BCUT2D eigenvalue weighted by atomic mass is 16.1. The van der Waals surface area contributed by atoms with E-state index in [0.717, 1.165) is 42.0 Å². The standard InChI is InChI=1S/C22H22N2O/c1-3-24-20-7-5-4-6-17(20)18-12-13-23-19(22(18)24)14-21(25)16-10-8-15(2)9-11-16/h4-11,14,23H,3,12-13H2,1-2H3/b19-14-. The van der Waals surface area contributed by atoms with Gasteiger partial charge < -0.3 is 9.88 Å². The van der Waals surface area contributed by atoms with Gasteiger partial charge in [-0.05, 0) is 31.9 Å². The van der Waals surface area contributed by atoms with Gasteiger partial charge >= 0.3 is 0 Å². The highest BCUT2D eigenvalue weighted by Crippen LogP contribution is 2.33. The minimum Gasteiger partial charge on any atom is -0.383 e. The van der Waals surface area contributed by atoms with E-state index in [2.05, 4.69) is 41.1 Å². The van der Waals surface area contributed by atoms with Crippen LogP contribution in [0.2, 0.25) is 0 Å². The normalized spacial score (nSPS) is 15.2.